The Morgan fingerprint density at radius 3 is 2.53 bits per heavy atom. The van der Waals surface area contributed by atoms with E-state index in [1.807, 2.05) is 68.4 Å². The quantitative estimate of drug-likeness (QED) is 0.387. The monoisotopic (exact) mass is 423 g/mol. The highest BCUT2D eigenvalue weighted by molar-refractivity contribution is 7.80. The minimum absolute atomic E-state index is 0.164. The van der Waals surface area contributed by atoms with E-state index in [2.05, 4.69) is 5.32 Å². The van der Waals surface area contributed by atoms with Crippen molar-refractivity contribution >= 4 is 34.4 Å². The fourth-order valence-corrected chi connectivity index (χ4v) is 3.51. The van der Waals surface area contributed by atoms with Crippen LogP contribution in [-0.2, 0) is 19.1 Å². The van der Waals surface area contributed by atoms with Gasteiger partial charge in [-0.1, -0.05) is 74.6 Å². The number of benzene rings is 2. The number of hydrogen-bond donors (Lipinski definition) is 1. The van der Waals surface area contributed by atoms with Gasteiger partial charge in [-0.3, -0.25) is 4.79 Å². The number of esters is 1. The van der Waals surface area contributed by atoms with Crippen molar-refractivity contribution in [1.82, 2.24) is 5.32 Å². The van der Waals surface area contributed by atoms with Gasteiger partial charge in [0.1, 0.15) is 6.04 Å². The van der Waals surface area contributed by atoms with Gasteiger partial charge in [0.25, 0.3) is 0 Å². The minimum Gasteiger partial charge on any atom is -0.467 e. The average molecular weight is 424 g/mol. The topological polar surface area (TPSA) is 64.6 Å². The maximum atomic E-state index is 13.4. The first-order valence-electron chi connectivity index (χ1n) is 9.98. The van der Waals surface area contributed by atoms with Gasteiger partial charge in [-0.15, -0.1) is 0 Å². The van der Waals surface area contributed by atoms with Crippen molar-refractivity contribution in [3.05, 3.63) is 77.2 Å². The molecule has 2 unspecified atom stereocenters. The zero-order chi connectivity index (χ0) is 21.7. The molecule has 0 amide bonds. The number of nitrogens with one attached hydrogen (secondary N) is 1. The zero-order valence-electron chi connectivity index (χ0n) is 17.3. The van der Waals surface area contributed by atoms with E-state index < -0.39 is 18.1 Å². The van der Waals surface area contributed by atoms with Gasteiger partial charge in [0, 0.05) is 10.4 Å². The van der Waals surface area contributed by atoms with Gasteiger partial charge in [0.2, 0.25) is 5.78 Å². The van der Waals surface area contributed by atoms with Crippen molar-refractivity contribution in [2.75, 3.05) is 7.11 Å². The molecule has 1 aliphatic heterocycles. The lowest BCUT2D eigenvalue weighted by Crippen LogP contribution is -2.37. The number of ether oxygens (including phenoxy) is 2. The number of thiocarbonyl (C=S) groups is 1. The first kappa shape index (κ1) is 21.7. The molecule has 30 heavy (non-hydrogen) atoms. The third-order valence-electron chi connectivity index (χ3n) is 5.04. The summed E-state index contributed by atoms with van der Waals surface area (Å²) in [4.78, 5) is 26.3. The SMILES string of the molecule is CCC(=S)c1cccc(C2=C(NC(CC)C(=O)OC)OC(c3ccccc3)C2=O)c1. The molecular formula is C24H25NO4S. The summed E-state index contributed by atoms with van der Waals surface area (Å²) in [5.41, 5.74) is 2.76. The zero-order valence-corrected chi connectivity index (χ0v) is 18.1. The first-order chi connectivity index (χ1) is 14.5. The molecule has 0 saturated heterocycles. The van der Waals surface area contributed by atoms with Crippen LogP contribution in [0.3, 0.4) is 0 Å². The van der Waals surface area contributed by atoms with Gasteiger partial charge in [0.15, 0.2) is 12.0 Å². The molecule has 0 fully saturated rings. The van der Waals surface area contributed by atoms with Crippen LogP contribution in [0.25, 0.3) is 5.57 Å². The van der Waals surface area contributed by atoms with Gasteiger partial charge in [0.05, 0.1) is 12.7 Å². The van der Waals surface area contributed by atoms with Crippen LogP contribution in [0.1, 0.15) is 49.5 Å². The summed E-state index contributed by atoms with van der Waals surface area (Å²) in [6.45, 7) is 3.86. The molecule has 1 aliphatic rings. The Kier molecular flexibility index (Phi) is 7.00. The van der Waals surface area contributed by atoms with Crippen LogP contribution < -0.4 is 5.32 Å². The third kappa shape index (κ3) is 4.44. The second kappa shape index (κ2) is 9.67. The Bertz CT molecular complexity index is 984. The molecule has 0 bridgehead atoms. The molecule has 1 N–H and O–H groups in total. The number of hydrogen-bond acceptors (Lipinski definition) is 6. The molecule has 2 atom stereocenters. The van der Waals surface area contributed by atoms with Gasteiger partial charge in [-0.25, -0.2) is 4.79 Å². The van der Waals surface area contributed by atoms with E-state index in [9.17, 15) is 9.59 Å². The predicted octanol–water partition coefficient (Wildman–Crippen LogP) is 4.37. The van der Waals surface area contributed by atoms with Gasteiger partial charge in [-0.2, -0.15) is 0 Å². The van der Waals surface area contributed by atoms with Gasteiger partial charge in [-0.05, 0) is 30.0 Å². The molecule has 2 aromatic rings. The Hall–Kier alpha value is -2.99. The fraction of sp³-hybridized carbons (Fsp3) is 0.292. The predicted molar refractivity (Wildman–Crippen MR) is 120 cm³/mol. The van der Waals surface area contributed by atoms with Crippen molar-refractivity contribution in [2.24, 2.45) is 0 Å². The molecule has 0 spiro atoms. The highest BCUT2D eigenvalue weighted by atomic mass is 32.1. The molecule has 1 heterocycles. The number of Topliss-reactive ketones (excluding diaryl/α,β-unsaturated/α-hetero) is 1. The molecule has 2 aromatic carbocycles. The van der Waals surface area contributed by atoms with Crippen molar-refractivity contribution in [3.63, 3.8) is 0 Å². The van der Waals surface area contributed by atoms with E-state index in [0.29, 0.717) is 17.6 Å². The Morgan fingerprint density at radius 2 is 1.90 bits per heavy atom. The lowest BCUT2D eigenvalue weighted by Gasteiger charge is -2.18. The summed E-state index contributed by atoms with van der Waals surface area (Å²) < 4.78 is 10.9. The average Bonchev–Trinajstić information content (AvgIpc) is 3.12. The maximum Gasteiger partial charge on any atom is 0.328 e. The summed E-state index contributed by atoms with van der Waals surface area (Å²) in [6, 6.07) is 16.2. The summed E-state index contributed by atoms with van der Waals surface area (Å²) >= 11 is 5.44. The Balaban J connectivity index is 2.05. The molecule has 3 rings (SSSR count). The van der Waals surface area contributed by atoms with Gasteiger partial charge >= 0.3 is 5.97 Å². The minimum atomic E-state index is -0.777. The van der Waals surface area contributed by atoms with Crippen molar-refractivity contribution in [1.29, 1.82) is 0 Å². The van der Waals surface area contributed by atoms with E-state index in [-0.39, 0.29) is 11.7 Å². The molecule has 0 aromatic heterocycles. The van der Waals surface area contributed by atoms with Crippen LogP contribution >= 0.6 is 12.2 Å². The first-order valence-corrected chi connectivity index (χ1v) is 10.4. The highest BCUT2D eigenvalue weighted by Gasteiger charge is 2.38. The Morgan fingerprint density at radius 1 is 1.17 bits per heavy atom. The summed E-state index contributed by atoms with van der Waals surface area (Å²) in [5.74, 6) is -0.293. The molecule has 6 heteroatoms. The maximum absolute atomic E-state index is 13.4. The second-order valence-electron chi connectivity index (χ2n) is 6.96. The van der Waals surface area contributed by atoms with Crippen LogP contribution in [0.2, 0.25) is 0 Å². The largest absolute Gasteiger partial charge is 0.467 e. The number of rotatable bonds is 8. The van der Waals surface area contributed by atoms with E-state index in [1.54, 1.807) is 0 Å². The smallest absolute Gasteiger partial charge is 0.328 e. The van der Waals surface area contributed by atoms with Crippen molar-refractivity contribution in [3.8, 4) is 0 Å². The molecule has 0 saturated carbocycles. The molecule has 0 radical (unpaired) electrons. The third-order valence-corrected chi connectivity index (χ3v) is 5.57. The Labute approximate surface area is 182 Å². The number of carbonyl (C=O) groups is 2. The van der Waals surface area contributed by atoms with Crippen LogP contribution in [0, 0.1) is 0 Å². The standard InChI is InChI=1S/C24H25NO4S/c1-4-18(24(27)28-3)25-23-20(17-13-9-12-16(14-17)19(30)5-2)21(26)22(29-23)15-10-7-6-8-11-15/h6-14,18,22,25H,4-5H2,1-3H3. The summed E-state index contributed by atoms with van der Waals surface area (Å²) in [7, 11) is 1.34. The van der Waals surface area contributed by atoms with Crippen LogP contribution in [0.4, 0.5) is 0 Å². The fourth-order valence-electron chi connectivity index (χ4n) is 3.38. The number of methoxy groups -OCH3 is 1. The normalized spacial score (nSPS) is 16.8. The lowest BCUT2D eigenvalue weighted by atomic mass is 9.95. The highest BCUT2D eigenvalue weighted by Crippen LogP contribution is 2.37. The lowest BCUT2D eigenvalue weighted by molar-refractivity contribution is -0.143. The molecule has 5 nitrogen and oxygen atoms in total. The molecule has 0 aliphatic carbocycles. The van der Waals surface area contributed by atoms with Crippen LogP contribution in [0.15, 0.2) is 60.5 Å². The number of carbonyl (C=O) groups excluding carboxylic acids is 2. The summed E-state index contributed by atoms with van der Waals surface area (Å²) in [6.07, 6.45) is 0.442. The summed E-state index contributed by atoms with van der Waals surface area (Å²) in [5, 5.41) is 3.09. The van der Waals surface area contributed by atoms with Crippen molar-refractivity contribution < 1.29 is 19.1 Å². The van der Waals surface area contributed by atoms with E-state index >= 15 is 0 Å². The molecular weight excluding hydrogens is 398 g/mol. The van der Waals surface area contributed by atoms with Gasteiger partial charge < -0.3 is 14.8 Å². The molecule has 156 valence electrons. The second-order valence-corrected chi connectivity index (χ2v) is 7.46. The van der Waals surface area contributed by atoms with E-state index in [4.69, 9.17) is 21.7 Å². The number of ketones is 1. The van der Waals surface area contributed by atoms with E-state index in [1.165, 1.54) is 7.11 Å². The van der Waals surface area contributed by atoms with Crippen molar-refractivity contribution in [2.45, 2.75) is 38.8 Å². The van der Waals surface area contributed by atoms with E-state index in [0.717, 1.165) is 22.4 Å². The van der Waals surface area contributed by atoms with Crippen LogP contribution in [0.5, 0.6) is 0 Å². The van der Waals surface area contributed by atoms with Crippen LogP contribution in [-0.4, -0.2) is 29.8 Å².